The first kappa shape index (κ1) is 16.7. The largest absolute Gasteiger partial charge is 0.379 e. The average Bonchev–Trinajstić information content (AvgIpc) is 3.28. The maximum Gasteiger partial charge on any atom is 0.193 e. The van der Waals surface area contributed by atoms with Gasteiger partial charge in [-0.25, -0.2) is 0 Å². The van der Waals surface area contributed by atoms with Gasteiger partial charge in [0.05, 0.1) is 13.2 Å². The van der Waals surface area contributed by atoms with Gasteiger partial charge in [-0.15, -0.1) is 11.3 Å². The Morgan fingerprint density at radius 3 is 2.96 bits per heavy atom. The first-order chi connectivity index (χ1) is 11.3. The maximum absolute atomic E-state index is 5.46. The van der Waals surface area contributed by atoms with Crippen LogP contribution < -0.4 is 5.32 Å². The molecule has 5 nitrogen and oxygen atoms in total. The number of ether oxygens (including phenoxy) is 1. The van der Waals surface area contributed by atoms with E-state index in [2.05, 4.69) is 44.5 Å². The summed E-state index contributed by atoms with van der Waals surface area (Å²) in [7, 11) is 1.89. The molecule has 3 heterocycles. The molecule has 2 aliphatic heterocycles. The predicted octanol–water partition coefficient (Wildman–Crippen LogP) is 1.83. The van der Waals surface area contributed by atoms with Crippen LogP contribution in [0.1, 0.15) is 24.1 Å². The summed E-state index contributed by atoms with van der Waals surface area (Å²) in [5, 5.41) is 5.71. The lowest BCUT2D eigenvalue weighted by Gasteiger charge is -2.32. The zero-order chi connectivity index (χ0) is 16.1. The highest BCUT2D eigenvalue weighted by molar-refractivity contribution is 7.10. The molecular weight excluding hydrogens is 308 g/mol. The van der Waals surface area contributed by atoms with E-state index in [1.54, 1.807) is 0 Å². The van der Waals surface area contributed by atoms with E-state index < -0.39 is 0 Å². The van der Waals surface area contributed by atoms with E-state index in [0.717, 1.165) is 51.9 Å². The van der Waals surface area contributed by atoms with Gasteiger partial charge in [0.1, 0.15) is 0 Å². The fraction of sp³-hybridized carbons (Fsp3) is 0.706. The number of nitrogens with zero attached hydrogens (tertiary/aromatic N) is 3. The molecule has 0 bridgehead atoms. The minimum Gasteiger partial charge on any atom is -0.379 e. The summed E-state index contributed by atoms with van der Waals surface area (Å²) < 4.78 is 5.46. The number of rotatable bonds is 4. The van der Waals surface area contributed by atoms with Crippen molar-refractivity contribution in [1.29, 1.82) is 0 Å². The Morgan fingerprint density at radius 1 is 1.43 bits per heavy atom. The number of aliphatic imine (C=N–C) groups is 1. The molecule has 6 heteroatoms. The molecule has 128 valence electrons. The third-order valence-electron chi connectivity index (χ3n) is 4.83. The number of morpholine rings is 1. The number of hydrogen-bond acceptors (Lipinski definition) is 4. The fourth-order valence-electron chi connectivity index (χ4n) is 3.42. The normalized spacial score (nSPS) is 24.9. The molecule has 1 aromatic heterocycles. The zero-order valence-corrected chi connectivity index (χ0v) is 15.0. The molecule has 2 atom stereocenters. The van der Waals surface area contributed by atoms with Gasteiger partial charge in [-0.1, -0.05) is 13.0 Å². The Hall–Kier alpha value is -1.11. The summed E-state index contributed by atoms with van der Waals surface area (Å²) in [5.41, 5.74) is 0. The number of nitrogens with one attached hydrogen (secondary N) is 1. The molecule has 1 aromatic rings. The Bertz CT molecular complexity index is 499. The van der Waals surface area contributed by atoms with Crippen molar-refractivity contribution in [2.45, 2.75) is 25.3 Å². The van der Waals surface area contributed by atoms with Crippen molar-refractivity contribution < 1.29 is 4.74 Å². The zero-order valence-electron chi connectivity index (χ0n) is 14.2. The van der Waals surface area contributed by atoms with Crippen molar-refractivity contribution in [3.8, 4) is 0 Å². The van der Waals surface area contributed by atoms with E-state index in [-0.39, 0.29) is 0 Å². The Labute approximate surface area is 143 Å². The van der Waals surface area contributed by atoms with Crippen LogP contribution in [0.2, 0.25) is 0 Å². The van der Waals surface area contributed by atoms with Crippen molar-refractivity contribution in [2.24, 2.45) is 4.99 Å². The standard InChI is InChI=1S/C17H28N4OS/c1-14(16-4-3-11-23-16)12-19-17(18-2)21-6-5-15(13-21)20-7-9-22-10-8-20/h3-4,11,14-15H,5-10,12-13H2,1-2H3,(H,18,19). The summed E-state index contributed by atoms with van der Waals surface area (Å²) in [6, 6.07) is 4.98. The predicted molar refractivity (Wildman–Crippen MR) is 96.5 cm³/mol. The van der Waals surface area contributed by atoms with Crippen molar-refractivity contribution in [3.05, 3.63) is 22.4 Å². The highest BCUT2D eigenvalue weighted by Gasteiger charge is 2.30. The van der Waals surface area contributed by atoms with Crippen LogP contribution in [-0.4, -0.2) is 74.8 Å². The summed E-state index contributed by atoms with van der Waals surface area (Å²) in [5.74, 6) is 1.56. The van der Waals surface area contributed by atoms with Gasteiger partial charge < -0.3 is 15.0 Å². The lowest BCUT2D eigenvalue weighted by Crippen LogP contribution is -2.47. The monoisotopic (exact) mass is 336 g/mol. The molecule has 1 N–H and O–H groups in total. The lowest BCUT2D eigenvalue weighted by atomic mass is 10.1. The summed E-state index contributed by atoms with van der Waals surface area (Å²) in [6.45, 7) is 9.27. The van der Waals surface area contributed by atoms with E-state index in [1.807, 2.05) is 18.4 Å². The first-order valence-electron chi connectivity index (χ1n) is 8.58. The Balaban J connectivity index is 1.49. The van der Waals surface area contributed by atoms with Gasteiger partial charge in [0, 0.05) is 56.6 Å². The number of hydrogen-bond donors (Lipinski definition) is 1. The maximum atomic E-state index is 5.46. The molecular formula is C17H28N4OS. The molecule has 2 unspecified atom stereocenters. The molecule has 0 aromatic carbocycles. The van der Waals surface area contributed by atoms with E-state index in [0.29, 0.717) is 12.0 Å². The fourth-order valence-corrected chi connectivity index (χ4v) is 4.21. The first-order valence-corrected chi connectivity index (χ1v) is 9.46. The highest BCUT2D eigenvalue weighted by atomic mass is 32.1. The molecule has 0 saturated carbocycles. The highest BCUT2D eigenvalue weighted by Crippen LogP contribution is 2.20. The molecule has 0 spiro atoms. The van der Waals surface area contributed by atoms with Crippen molar-refractivity contribution in [2.75, 3.05) is 53.0 Å². The molecule has 2 saturated heterocycles. The van der Waals surface area contributed by atoms with Crippen molar-refractivity contribution in [3.63, 3.8) is 0 Å². The van der Waals surface area contributed by atoms with E-state index in [4.69, 9.17) is 4.74 Å². The second-order valence-corrected chi connectivity index (χ2v) is 7.36. The van der Waals surface area contributed by atoms with Gasteiger partial charge in [0.25, 0.3) is 0 Å². The molecule has 0 amide bonds. The molecule has 0 aliphatic carbocycles. The van der Waals surface area contributed by atoms with Crippen LogP contribution in [0.3, 0.4) is 0 Å². The minimum atomic E-state index is 0.518. The van der Waals surface area contributed by atoms with Gasteiger partial charge in [-0.3, -0.25) is 9.89 Å². The van der Waals surface area contributed by atoms with Gasteiger partial charge in [-0.2, -0.15) is 0 Å². The molecule has 2 aliphatic rings. The van der Waals surface area contributed by atoms with Crippen LogP contribution in [0.25, 0.3) is 0 Å². The minimum absolute atomic E-state index is 0.518. The summed E-state index contributed by atoms with van der Waals surface area (Å²) in [6.07, 6.45) is 1.22. The van der Waals surface area contributed by atoms with Crippen LogP contribution in [0.15, 0.2) is 22.5 Å². The third-order valence-corrected chi connectivity index (χ3v) is 5.94. The number of likely N-dealkylation sites (tertiary alicyclic amines) is 1. The Morgan fingerprint density at radius 2 is 2.26 bits per heavy atom. The molecule has 0 radical (unpaired) electrons. The molecule has 23 heavy (non-hydrogen) atoms. The topological polar surface area (TPSA) is 40.1 Å². The van der Waals surface area contributed by atoms with Crippen LogP contribution >= 0.6 is 11.3 Å². The van der Waals surface area contributed by atoms with E-state index in [1.165, 1.54) is 11.3 Å². The third kappa shape index (κ3) is 4.25. The van der Waals surface area contributed by atoms with Crippen molar-refractivity contribution in [1.82, 2.24) is 15.1 Å². The SMILES string of the molecule is CN=C(NCC(C)c1cccs1)N1CCC(N2CCOCC2)C1. The van der Waals surface area contributed by atoms with Gasteiger partial charge in [0.15, 0.2) is 5.96 Å². The van der Waals surface area contributed by atoms with Crippen LogP contribution in [-0.2, 0) is 4.74 Å². The molecule has 2 fully saturated rings. The van der Waals surface area contributed by atoms with Gasteiger partial charge in [-0.05, 0) is 17.9 Å². The lowest BCUT2D eigenvalue weighted by molar-refractivity contribution is 0.0195. The second-order valence-electron chi connectivity index (χ2n) is 6.38. The number of thiophene rings is 1. The van der Waals surface area contributed by atoms with Crippen LogP contribution in [0.4, 0.5) is 0 Å². The van der Waals surface area contributed by atoms with E-state index >= 15 is 0 Å². The van der Waals surface area contributed by atoms with Crippen molar-refractivity contribution >= 4 is 17.3 Å². The Kier molecular flexibility index (Phi) is 5.91. The summed E-state index contributed by atoms with van der Waals surface area (Å²) >= 11 is 1.83. The quantitative estimate of drug-likeness (QED) is 0.673. The van der Waals surface area contributed by atoms with Crippen LogP contribution in [0.5, 0.6) is 0 Å². The van der Waals surface area contributed by atoms with E-state index in [9.17, 15) is 0 Å². The van der Waals surface area contributed by atoms with Gasteiger partial charge >= 0.3 is 0 Å². The summed E-state index contributed by atoms with van der Waals surface area (Å²) in [4.78, 5) is 10.9. The molecule has 3 rings (SSSR count). The smallest absolute Gasteiger partial charge is 0.193 e. The average molecular weight is 337 g/mol. The number of guanidine groups is 1. The second kappa shape index (κ2) is 8.13. The van der Waals surface area contributed by atoms with Crippen LogP contribution in [0, 0.1) is 0 Å². The van der Waals surface area contributed by atoms with Gasteiger partial charge in [0.2, 0.25) is 0 Å².